The molecule has 0 N–H and O–H groups in total. The van der Waals surface area contributed by atoms with Gasteiger partial charge in [-0.25, -0.2) is 4.98 Å². The molecule has 5 aromatic rings. The third-order valence-corrected chi connectivity index (χ3v) is 9.28. The quantitative estimate of drug-likeness (QED) is 0.396. The molecule has 29 heavy (non-hydrogen) atoms. The predicted octanol–water partition coefficient (Wildman–Crippen LogP) is 5.17. The second kappa shape index (κ2) is 6.67. The van der Waals surface area contributed by atoms with E-state index in [0.717, 1.165) is 33.3 Å². The molecule has 0 unspecified atom stereocenters. The third-order valence-electron chi connectivity index (χ3n) is 5.76. The standard InChI is InChI=1S/C25H22N2OSi/c1-17-12-14-21-20-10-7-11-22(24(20)28-25(21)27-17)23-15-13-19(16-26-23)29(2,3)18-8-5-4-6-9-18/h4-16H,1-3H3. The fourth-order valence-electron chi connectivity index (χ4n) is 3.92. The highest BCUT2D eigenvalue weighted by atomic mass is 28.3. The van der Waals surface area contributed by atoms with Crippen molar-refractivity contribution < 1.29 is 4.42 Å². The van der Waals surface area contributed by atoms with Crippen LogP contribution in [0.1, 0.15) is 5.69 Å². The fraction of sp³-hybridized carbons (Fsp3) is 0.120. The number of aromatic nitrogens is 2. The number of furan rings is 1. The number of aryl methyl sites for hydroxylation is 1. The molecule has 0 aliphatic heterocycles. The van der Waals surface area contributed by atoms with Gasteiger partial charge in [-0.15, -0.1) is 0 Å². The Morgan fingerprint density at radius 3 is 2.34 bits per heavy atom. The highest BCUT2D eigenvalue weighted by Crippen LogP contribution is 2.34. The van der Waals surface area contributed by atoms with Crippen molar-refractivity contribution in [3.8, 4) is 11.3 Å². The fourth-order valence-corrected chi connectivity index (χ4v) is 6.16. The van der Waals surface area contributed by atoms with E-state index in [9.17, 15) is 0 Å². The maximum absolute atomic E-state index is 6.14. The molecule has 0 saturated heterocycles. The predicted molar refractivity (Wildman–Crippen MR) is 123 cm³/mol. The number of hydrogen-bond acceptors (Lipinski definition) is 3. The van der Waals surface area contributed by atoms with Crippen LogP contribution in [-0.4, -0.2) is 18.0 Å². The molecule has 0 spiro atoms. The van der Waals surface area contributed by atoms with Gasteiger partial charge in [0.1, 0.15) is 13.7 Å². The van der Waals surface area contributed by atoms with Gasteiger partial charge in [0.05, 0.1) is 5.69 Å². The second-order valence-electron chi connectivity index (χ2n) is 8.01. The summed E-state index contributed by atoms with van der Waals surface area (Å²) in [5.41, 5.74) is 4.41. The molecule has 0 atom stereocenters. The van der Waals surface area contributed by atoms with E-state index >= 15 is 0 Å². The Morgan fingerprint density at radius 2 is 1.59 bits per heavy atom. The number of nitrogens with zero attached hydrogens (tertiary/aromatic N) is 2. The summed E-state index contributed by atoms with van der Waals surface area (Å²) in [6.07, 6.45) is 2.04. The van der Waals surface area contributed by atoms with Gasteiger partial charge in [0.25, 0.3) is 0 Å². The lowest BCUT2D eigenvalue weighted by atomic mass is 10.1. The van der Waals surface area contributed by atoms with Crippen molar-refractivity contribution in [3.63, 3.8) is 0 Å². The Labute approximate surface area is 171 Å². The summed E-state index contributed by atoms with van der Waals surface area (Å²) < 4.78 is 6.14. The molecule has 0 aliphatic rings. The number of rotatable bonds is 3. The molecule has 0 radical (unpaired) electrons. The number of hydrogen-bond donors (Lipinski definition) is 0. The molecule has 0 amide bonds. The highest BCUT2D eigenvalue weighted by Gasteiger charge is 2.26. The highest BCUT2D eigenvalue weighted by molar-refractivity contribution is 7.00. The monoisotopic (exact) mass is 394 g/mol. The van der Waals surface area contributed by atoms with E-state index in [2.05, 4.69) is 84.8 Å². The second-order valence-corrected chi connectivity index (χ2v) is 12.4. The van der Waals surface area contributed by atoms with Gasteiger partial charge in [0, 0.05) is 28.2 Å². The first-order chi connectivity index (χ1) is 14.0. The molecule has 0 bridgehead atoms. The Morgan fingerprint density at radius 1 is 0.759 bits per heavy atom. The first kappa shape index (κ1) is 17.8. The van der Waals surface area contributed by atoms with Crippen molar-refractivity contribution in [2.45, 2.75) is 20.0 Å². The van der Waals surface area contributed by atoms with Crippen molar-refractivity contribution in [1.82, 2.24) is 9.97 Å². The van der Waals surface area contributed by atoms with Crippen LogP contribution in [0, 0.1) is 6.92 Å². The molecule has 142 valence electrons. The van der Waals surface area contributed by atoms with Crippen molar-refractivity contribution in [3.05, 3.63) is 84.7 Å². The van der Waals surface area contributed by atoms with Crippen molar-refractivity contribution in [2.75, 3.05) is 0 Å². The average molecular weight is 395 g/mol. The van der Waals surface area contributed by atoms with Crippen LogP contribution in [0.25, 0.3) is 33.3 Å². The zero-order valence-corrected chi connectivity index (χ0v) is 17.8. The van der Waals surface area contributed by atoms with Gasteiger partial charge < -0.3 is 4.42 Å². The Hall–Kier alpha value is -3.24. The topological polar surface area (TPSA) is 38.9 Å². The molecule has 3 aromatic heterocycles. The van der Waals surface area contributed by atoms with E-state index in [0.29, 0.717) is 5.71 Å². The van der Waals surface area contributed by atoms with Crippen LogP contribution in [-0.2, 0) is 0 Å². The first-order valence-corrected chi connectivity index (χ1v) is 12.9. The maximum atomic E-state index is 6.14. The summed E-state index contributed by atoms with van der Waals surface area (Å²) in [5.74, 6) is 0. The molecule has 3 heterocycles. The van der Waals surface area contributed by atoms with Gasteiger partial charge in [-0.2, -0.15) is 0 Å². The van der Waals surface area contributed by atoms with Crippen LogP contribution in [0.5, 0.6) is 0 Å². The first-order valence-electron chi connectivity index (χ1n) is 9.85. The average Bonchev–Trinajstić information content (AvgIpc) is 3.12. The summed E-state index contributed by atoms with van der Waals surface area (Å²) >= 11 is 0. The van der Waals surface area contributed by atoms with E-state index in [1.807, 2.05) is 19.2 Å². The normalized spacial score (nSPS) is 12.0. The Balaban J connectivity index is 1.60. The van der Waals surface area contributed by atoms with Gasteiger partial charge in [0.15, 0.2) is 0 Å². The SMILES string of the molecule is Cc1ccc2c(n1)oc1c(-c3ccc([Si](C)(C)c4ccccc4)cn3)cccc12. The Kier molecular flexibility index (Phi) is 4.10. The lowest BCUT2D eigenvalue weighted by molar-refractivity contribution is 0.653. The van der Waals surface area contributed by atoms with Gasteiger partial charge in [-0.1, -0.05) is 66.8 Å². The minimum Gasteiger partial charge on any atom is -0.437 e. The van der Waals surface area contributed by atoms with Gasteiger partial charge >= 0.3 is 0 Å². The van der Waals surface area contributed by atoms with Crippen molar-refractivity contribution >= 4 is 40.5 Å². The van der Waals surface area contributed by atoms with Gasteiger partial charge in [0.2, 0.25) is 5.71 Å². The maximum Gasteiger partial charge on any atom is 0.227 e. The Bertz CT molecular complexity index is 1320. The van der Waals surface area contributed by atoms with Crippen LogP contribution in [0.15, 0.2) is 83.4 Å². The van der Waals surface area contributed by atoms with Crippen LogP contribution in [0.3, 0.4) is 0 Å². The zero-order chi connectivity index (χ0) is 20.0. The van der Waals surface area contributed by atoms with Crippen LogP contribution < -0.4 is 10.4 Å². The number of benzene rings is 2. The number of pyridine rings is 2. The smallest absolute Gasteiger partial charge is 0.227 e. The minimum atomic E-state index is -1.76. The molecule has 4 heteroatoms. The van der Waals surface area contributed by atoms with Crippen molar-refractivity contribution in [1.29, 1.82) is 0 Å². The molecule has 3 nitrogen and oxygen atoms in total. The number of fused-ring (bicyclic) bond motifs is 3. The summed E-state index contributed by atoms with van der Waals surface area (Å²) in [7, 11) is -1.76. The summed E-state index contributed by atoms with van der Waals surface area (Å²) in [6, 6.07) is 25.4. The zero-order valence-electron chi connectivity index (χ0n) is 16.8. The molecule has 0 saturated carbocycles. The van der Waals surface area contributed by atoms with Gasteiger partial charge in [-0.3, -0.25) is 4.98 Å². The third kappa shape index (κ3) is 2.97. The molecule has 0 fully saturated rings. The lowest BCUT2D eigenvalue weighted by Gasteiger charge is -2.23. The molecule has 0 aliphatic carbocycles. The minimum absolute atomic E-state index is 0.682. The van der Waals surface area contributed by atoms with Crippen LogP contribution >= 0.6 is 0 Å². The molecule has 2 aromatic carbocycles. The molecule has 5 rings (SSSR count). The van der Waals surface area contributed by atoms with Crippen LogP contribution in [0.2, 0.25) is 13.1 Å². The van der Waals surface area contributed by atoms with E-state index in [4.69, 9.17) is 9.40 Å². The molecular weight excluding hydrogens is 372 g/mol. The van der Waals surface area contributed by atoms with E-state index in [-0.39, 0.29) is 0 Å². The summed E-state index contributed by atoms with van der Waals surface area (Å²) in [6.45, 7) is 6.71. The van der Waals surface area contributed by atoms with Crippen LogP contribution in [0.4, 0.5) is 0 Å². The largest absolute Gasteiger partial charge is 0.437 e. The van der Waals surface area contributed by atoms with E-state index < -0.39 is 8.07 Å². The summed E-state index contributed by atoms with van der Waals surface area (Å²) in [5, 5.41) is 4.86. The number of para-hydroxylation sites is 1. The van der Waals surface area contributed by atoms with Gasteiger partial charge in [-0.05, 0) is 36.4 Å². The van der Waals surface area contributed by atoms with E-state index in [1.54, 1.807) is 0 Å². The summed E-state index contributed by atoms with van der Waals surface area (Å²) in [4.78, 5) is 9.38. The van der Waals surface area contributed by atoms with E-state index in [1.165, 1.54) is 10.4 Å². The lowest BCUT2D eigenvalue weighted by Crippen LogP contribution is -2.52. The van der Waals surface area contributed by atoms with Crippen molar-refractivity contribution in [2.24, 2.45) is 0 Å². The molecular formula is C25H22N2OSi.